The average Bonchev–Trinajstić information content (AvgIpc) is 3.21. The second-order valence-electron chi connectivity index (χ2n) is 7.36. The van der Waals surface area contributed by atoms with E-state index in [0.29, 0.717) is 17.8 Å². The lowest BCUT2D eigenvalue weighted by atomic mass is 10.2. The monoisotopic (exact) mass is 424 g/mol. The third kappa shape index (κ3) is 4.70. The van der Waals surface area contributed by atoms with E-state index in [4.69, 9.17) is 9.47 Å². The summed E-state index contributed by atoms with van der Waals surface area (Å²) in [6.45, 7) is 8.48. The van der Waals surface area contributed by atoms with E-state index < -0.39 is 0 Å². The molecule has 9 nitrogen and oxygen atoms in total. The van der Waals surface area contributed by atoms with Crippen LogP contribution in [-0.4, -0.2) is 64.9 Å². The van der Waals surface area contributed by atoms with Crippen molar-refractivity contribution in [3.05, 3.63) is 36.9 Å². The fourth-order valence-corrected chi connectivity index (χ4v) is 3.71. The number of carbonyl (C=O) groups excluding carboxylic acids is 1. The summed E-state index contributed by atoms with van der Waals surface area (Å²) in [5.74, 6) is 1.41. The smallest absolute Gasteiger partial charge is 0.326 e. The Morgan fingerprint density at radius 2 is 1.74 bits per heavy atom. The molecule has 0 spiro atoms. The molecule has 0 unspecified atom stereocenters. The van der Waals surface area contributed by atoms with Crippen LogP contribution in [0.2, 0.25) is 0 Å². The Morgan fingerprint density at radius 1 is 1.00 bits per heavy atom. The highest BCUT2D eigenvalue weighted by Gasteiger charge is 2.22. The van der Waals surface area contributed by atoms with Crippen LogP contribution in [-0.2, 0) is 16.1 Å². The van der Waals surface area contributed by atoms with Crippen LogP contribution < -0.4 is 14.5 Å². The van der Waals surface area contributed by atoms with Crippen molar-refractivity contribution >= 4 is 28.6 Å². The molecular weight excluding hydrogens is 396 g/mol. The lowest BCUT2D eigenvalue weighted by molar-refractivity contribution is -0.143. The summed E-state index contributed by atoms with van der Waals surface area (Å²) in [4.78, 5) is 29.7. The summed E-state index contributed by atoms with van der Waals surface area (Å²) >= 11 is 0. The van der Waals surface area contributed by atoms with Gasteiger partial charge in [-0.1, -0.05) is 6.92 Å². The van der Waals surface area contributed by atoms with Gasteiger partial charge in [-0.3, -0.25) is 4.79 Å². The van der Waals surface area contributed by atoms with Crippen molar-refractivity contribution in [1.29, 1.82) is 0 Å². The second-order valence-corrected chi connectivity index (χ2v) is 7.36. The molecule has 9 heteroatoms. The van der Waals surface area contributed by atoms with Gasteiger partial charge in [0.05, 0.1) is 19.5 Å². The zero-order chi connectivity index (χ0) is 21.6. The van der Waals surface area contributed by atoms with Crippen molar-refractivity contribution < 1.29 is 14.3 Å². The number of nitrogens with zero attached hydrogens (tertiary/aromatic N) is 6. The maximum Gasteiger partial charge on any atom is 0.326 e. The molecule has 0 saturated carbocycles. The summed E-state index contributed by atoms with van der Waals surface area (Å²) in [5, 5.41) is 0. The molecule has 0 amide bonds. The maximum absolute atomic E-state index is 11.8. The first-order chi connectivity index (χ1) is 15.2. The standard InChI is InChI=1S/C22H28N6O3/c1-3-13-31-18-7-5-17(6-8-18)26-9-11-27(12-10-26)21-20-22(24-15-23-21)28(16-25-20)14-19(29)30-4-2/h5-8,15-16H,3-4,9-14H2,1-2H3. The Hall–Kier alpha value is -3.36. The number of piperazine rings is 1. The molecule has 0 aliphatic carbocycles. The van der Waals surface area contributed by atoms with E-state index in [1.54, 1.807) is 17.8 Å². The average molecular weight is 425 g/mol. The predicted molar refractivity (Wildman–Crippen MR) is 119 cm³/mol. The minimum Gasteiger partial charge on any atom is -0.494 e. The Morgan fingerprint density at radius 3 is 2.45 bits per heavy atom. The Labute approximate surface area is 181 Å². The number of imidazole rings is 1. The van der Waals surface area contributed by atoms with Crippen molar-refractivity contribution in [3.63, 3.8) is 0 Å². The molecule has 1 fully saturated rings. The summed E-state index contributed by atoms with van der Waals surface area (Å²) < 4.78 is 12.4. The number of ether oxygens (including phenoxy) is 2. The lowest BCUT2D eigenvalue weighted by Gasteiger charge is -2.36. The van der Waals surface area contributed by atoms with E-state index >= 15 is 0 Å². The predicted octanol–water partition coefficient (Wildman–Crippen LogP) is 2.50. The van der Waals surface area contributed by atoms with Crippen molar-refractivity contribution in [2.24, 2.45) is 0 Å². The van der Waals surface area contributed by atoms with Gasteiger partial charge in [-0.05, 0) is 37.6 Å². The van der Waals surface area contributed by atoms with Crippen LogP contribution in [0.25, 0.3) is 11.2 Å². The molecule has 0 bridgehead atoms. The Balaban J connectivity index is 1.43. The highest BCUT2D eigenvalue weighted by Crippen LogP contribution is 2.25. The molecule has 0 N–H and O–H groups in total. The Kier molecular flexibility index (Phi) is 6.49. The molecule has 2 aromatic heterocycles. The zero-order valence-corrected chi connectivity index (χ0v) is 18.0. The van der Waals surface area contributed by atoms with Gasteiger partial charge >= 0.3 is 5.97 Å². The lowest BCUT2D eigenvalue weighted by Crippen LogP contribution is -2.47. The molecule has 3 heterocycles. The summed E-state index contributed by atoms with van der Waals surface area (Å²) in [6, 6.07) is 8.28. The van der Waals surface area contributed by atoms with Crippen LogP contribution in [0.15, 0.2) is 36.9 Å². The van der Waals surface area contributed by atoms with E-state index in [-0.39, 0.29) is 12.5 Å². The first kappa shape index (κ1) is 20.9. The number of aromatic nitrogens is 4. The van der Waals surface area contributed by atoms with Crippen molar-refractivity contribution in [3.8, 4) is 5.75 Å². The van der Waals surface area contributed by atoms with Gasteiger partial charge < -0.3 is 23.8 Å². The van der Waals surface area contributed by atoms with Gasteiger partial charge in [-0.2, -0.15) is 0 Å². The maximum atomic E-state index is 11.8. The molecule has 1 aliphatic rings. The second kappa shape index (κ2) is 9.63. The van der Waals surface area contributed by atoms with E-state index in [2.05, 4.69) is 43.8 Å². The van der Waals surface area contributed by atoms with Gasteiger partial charge in [0.15, 0.2) is 17.0 Å². The number of esters is 1. The number of rotatable bonds is 8. The largest absolute Gasteiger partial charge is 0.494 e. The number of fused-ring (bicyclic) bond motifs is 1. The first-order valence-corrected chi connectivity index (χ1v) is 10.7. The van der Waals surface area contributed by atoms with E-state index in [9.17, 15) is 4.79 Å². The molecular formula is C22H28N6O3. The number of carbonyl (C=O) groups is 1. The van der Waals surface area contributed by atoms with Gasteiger partial charge in [-0.15, -0.1) is 0 Å². The highest BCUT2D eigenvalue weighted by atomic mass is 16.5. The Bertz CT molecular complexity index is 1010. The van der Waals surface area contributed by atoms with Gasteiger partial charge in [0.25, 0.3) is 0 Å². The molecule has 1 aliphatic heterocycles. The molecule has 0 radical (unpaired) electrons. The third-order valence-electron chi connectivity index (χ3n) is 5.24. The molecule has 0 atom stereocenters. The van der Waals surface area contributed by atoms with Crippen molar-refractivity contribution in [1.82, 2.24) is 19.5 Å². The van der Waals surface area contributed by atoms with Crippen LogP contribution in [0.3, 0.4) is 0 Å². The van der Waals surface area contributed by atoms with Crippen LogP contribution in [0.1, 0.15) is 20.3 Å². The zero-order valence-electron chi connectivity index (χ0n) is 18.0. The fourth-order valence-electron chi connectivity index (χ4n) is 3.71. The highest BCUT2D eigenvalue weighted by molar-refractivity contribution is 5.84. The minimum atomic E-state index is -0.304. The molecule has 3 aromatic rings. The quantitative estimate of drug-likeness (QED) is 0.510. The van der Waals surface area contributed by atoms with E-state index in [1.807, 2.05) is 12.1 Å². The summed E-state index contributed by atoms with van der Waals surface area (Å²) in [6.07, 6.45) is 4.15. The van der Waals surface area contributed by atoms with Crippen LogP contribution in [0.4, 0.5) is 11.5 Å². The number of benzene rings is 1. The molecule has 1 saturated heterocycles. The van der Waals surface area contributed by atoms with Gasteiger partial charge in [0.1, 0.15) is 18.6 Å². The van der Waals surface area contributed by atoms with Crippen LogP contribution in [0.5, 0.6) is 5.75 Å². The SMILES string of the molecule is CCCOc1ccc(N2CCN(c3ncnc4c3ncn4CC(=O)OCC)CC2)cc1. The van der Waals surface area contributed by atoms with E-state index in [0.717, 1.165) is 50.8 Å². The molecule has 164 valence electrons. The summed E-state index contributed by atoms with van der Waals surface area (Å²) in [5.41, 5.74) is 2.54. The van der Waals surface area contributed by atoms with Gasteiger partial charge in [0, 0.05) is 31.9 Å². The minimum absolute atomic E-state index is 0.0898. The molecule has 4 rings (SSSR count). The topological polar surface area (TPSA) is 85.6 Å². The van der Waals surface area contributed by atoms with Crippen LogP contribution >= 0.6 is 0 Å². The van der Waals surface area contributed by atoms with Gasteiger partial charge in [-0.25, -0.2) is 15.0 Å². The van der Waals surface area contributed by atoms with Crippen molar-refractivity contribution in [2.75, 3.05) is 49.2 Å². The molecule has 31 heavy (non-hydrogen) atoms. The normalized spacial score (nSPS) is 14.1. The first-order valence-electron chi connectivity index (χ1n) is 10.7. The third-order valence-corrected chi connectivity index (χ3v) is 5.24. The van der Waals surface area contributed by atoms with Crippen molar-refractivity contribution in [2.45, 2.75) is 26.8 Å². The molecule has 1 aromatic carbocycles. The van der Waals surface area contributed by atoms with Crippen LogP contribution in [0, 0.1) is 0 Å². The van der Waals surface area contributed by atoms with E-state index in [1.165, 1.54) is 12.0 Å². The van der Waals surface area contributed by atoms with Gasteiger partial charge in [0.2, 0.25) is 0 Å². The number of hydrogen-bond acceptors (Lipinski definition) is 8. The number of hydrogen-bond donors (Lipinski definition) is 0. The summed E-state index contributed by atoms with van der Waals surface area (Å²) in [7, 11) is 0. The number of anilines is 2. The fraction of sp³-hybridized carbons (Fsp3) is 0.455.